The summed E-state index contributed by atoms with van der Waals surface area (Å²) in [4.78, 5) is 26.6. The number of phenols is 1. The van der Waals surface area contributed by atoms with Crippen LogP contribution in [0.2, 0.25) is 5.02 Å². The molecule has 0 fully saturated rings. The van der Waals surface area contributed by atoms with Crippen LogP contribution in [0.4, 0.5) is 0 Å². The average molecular weight is 410 g/mol. The molecule has 2 amide bonds. The first kappa shape index (κ1) is 19.1. The van der Waals surface area contributed by atoms with E-state index in [2.05, 4.69) is 0 Å². The number of hydrogen-bond acceptors (Lipinski definition) is 3. The van der Waals surface area contributed by atoms with Crippen molar-refractivity contribution in [1.82, 2.24) is 9.47 Å². The van der Waals surface area contributed by atoms with Gasteiger partial charge < -0.3 is 20.3 Å². The molecule has 0 radical (unpaired) electrons. The van der Waals surface area contributed by atoms with Crippen LogP contribution in [-0.4, -0.2) is 32.9 Å². The number of nitrogens with two attached hydrogens (primary N) is 1. The lowest BCUT2D eigenvalue weighted by Gasteiger charge is -2.30. The first-order valence-electron chi connectivity index (χ1n) is 9.28. The van der Waals surface area contributed by atoms with Crippen molar-refractivity contribution in [1.29, 1.82) is 0 Å². The summed E-state index contributed by atoms with van der Waals surface area (Å²) in [5.74, 6) is -0.656. The Labute approximate surface area is 173 Å². The van der Waals surface area contributed by atoms with Crippen LogP contribution < -0.4 is 5.73 Å². The van der Waals surface area contributed by atoms with Crippen molar-refractivity contribution >= 4 is 23.4 Å². The van der Waals surface area contributed by atoms with Crippen molar-refractivity contribution in [3.63, 3.8) is 0 Å². The molecule has 1 aliphatic heterocycles. The van der Waals surface area contributed by atoms with E-state index in [4.69, 9.17) is 17.3 Å². The molecule has 7 heteroatoms. The fraction of sp³-hybridized carbons (Fsp3) is 0.182. The molecular weight excluding hydrogens is 390 g/mol. The van der Waals surface area contributed by atoms with E-state index < -0.39 is 5.91 Å². The first-order chi connectivity index (χ1) is 14.0. The number of carbonyl (C=O) groups excluding carboxylic acids is 2. The number of benzene rings is 2. The van der Waals surface area contributed by atoms with Crippen LogP contribution in [-0.2, 0) is 24.3 Å². The van der Waals surface area contributed by atoms with Gasteiger partial charge in [-0.25, -0.2) is 0 Å². The van der Waals surface area contributed by atoms with Gasteiger partial charge in [-0.1, -0.05) is 60.1 Å². The van der Waals surface area contributed by atoms with E-state index in [0.29, 0.717) is 29.4 Å². The van der Waals surface area contributed by atoms with Crippen LogP contribution in [0.25, 0.3) is 11.3 Å². The average Bonchev–Trinajstić information content (AvgIpc) is 3.01. The van der Waals surface area contributed by atoms with Gasteiger partial charge in [0.05, 0.1) is 34.9 Å². The molecule has 0 atom stereocenters. The molecule has 29 heavy (non-hydrogen) atoms. The number of carbonyl (C=O) groups is 2. The van der Waals surface area contributed by atoms with E-state index in [0.717, 1.165) is 11.3 Å². The summed E-state index contributed by atoms with van der Waals surface area (Å²) in [6.07, 6.45) is 0.0819. The van der Waals surface area contributed by atoms with Crippen LogP contribution in [0.5, 0.6) is 5.75 Å². The third-order valence-electron chi connectivity index (χ3n) is 5.23. The lowest BCUT2D eigenvalue weighted by molar-refractivity contribution is -0.131. The highest BCUT2D eigenvalue weighted by Crippen LogP contribution is 2.37. The zero-order chi connectivity index (χ0) is 20.5. The minimum absolute atomic E-state index is 0.0819. The standard InChI is InChI=1S/C22H20ClN3O3/c23-20-19(22(24)29)16-13-25(18(28)12-15-8-4-5-9-17(15)27)10-11-26(16)21(20)14-6-2-1-3-7-14/h1-9,27H,10-13H2,(H2,24,29). The SMILES string of the molecule is NC(=O)c1c(Cl)c(-c2ccccc2)n2c1CN(C(=O)Cc1ccccc1O)CC2. The largest absolute Gasteiger partial charge is 0.508 e. The van der Waals surface area contributed by atoms with Gasteiger partial charge in [-0.3, -0.25) is 9.59 Å². The summed E-state index contributed by atoms with van der Waals surface area (Å²) in [6.45, 7) is 1.21. The summed E-state index contributed by atoms with van der Waals surface area (Å²) in [6, 6.07) is 16.3. The Balaban J connectivity index is 1.68. The van der Waals surface area contributed by atoms with Crippen molar-refractivity contribution in [2.24, 2.45) is 5.73 Å². The molecule has 0 spiro atoms. The lowest BCUT2D eigenvalue weighted by Crippen LogP contribution is -2.39. The topological polar surface area (TPSA) is 88.6 Å². The van der Waals surface area contributed by atoms with Gasteiger partial charge in [-0.2, -0.15) is 0 Å². The van der Waals surface area contributed by atoms with Crippen molar-refractivity contribution in [2.45, 2.75) is 19.5 Å². The number of primary amides is 1. The molecule has 6 nitrogen and oxygen atoms in total. The fourth-order valence-corrected chi connectivity index (χ4v) is 4.22. The van der Waals surface area contributed by atoms with Gasteiger partial charge in [0.25, 0.3) is 5.91 Å². The zero-order valence-electron chi connectivity index (χ0n) is 15.6. The van der Waals surface area contributed by atoms with Crippen molar-refractivity contribution in [3.05, 3.63) is 76.4 Å². The predicted molar refractivity (Wildman–Crippen MR) is 111 cm³/mol. The molecule has 0 saturated carbocycles. The number of amides is 2. The van der Waals surface area contributed by atoms with E-state index in [9.17, 15) is 14.7 Å². The third kappa shape index (κ3) is 3.47. The highest BCUT2D eigenvalue weighted by Gasteiger charge is 2.31. The maximum Gasteiger partial charge on any atom is 0.252 e. The third-order valence-corrected chi connectivity index (χ3v) is 5.59. The van der Waals surface area contributed by atoms with E-state index in [1.165, 1.54) is 0 Å². The molecule has 148 valence electrons. The second-order valence-corrected chi connectivity index (χ2v) is 7.36. The smallest absolute Gasteiger partial charge is 0.252 e. The highest BCUT2D eigenvalue weighted by atomic mass is 35.5. The molecule has 2 heterocycles. The number of rotatable bonds is 4. The second kappa shape index (κ2) is 7.64. The van der Waals surface area contributed by atoms with E-state index in [1.807, 2.05) is 34.9 Å². The number of phenolic OH excluding ortho intramolecular Hbond substituents is 1. The van der Waals surface area contributed by atoms with Gasteiger partial charge in [0.1, 0.15) is 5.75 Å². The Morgan fingerprint density at radius 1 is 1.03 bits per heavy atom. The Hall–Kier alpha value is -3.25. The van der Waals surface area contributed by atoms with Crippen molar-refractivity contribution in [2.75, 3.05) is 6.54 Å². The zero-order valence-corrected chi connectivity index (χ0v) is 16.4. The normalized spacial score (nSPS) is 13.2. The lowest BCUT2D eigenvalue weighted by atomic mass is 10.1. The maximum atomic E-state index is 12.8. The van der Waals surface area contributed by atoms with Gasteiger partial charge in [-0.05, 0) is 11.6 Å². The molecule has 1 aromatic heterocycles. The minimum Gasteiger partial charge on any atom is -0.508 e. The molecule has 0 saturated heterocycles. The van der Waals surface area contributed by atoms with Gasteiger partial charge in [0.2, 0.25) is 5.91 Å². The number of fused-ring (bicyclic) bond motifs is 1. The van der Waals surface area contributed by atoms with Gasteiger partial charge in [-0.15, -0.1) is 0 Å². The van der Waals surface area contributed by atoms with Crippen LogP contribution in [0, 0.1) is 0 Å². The molecule has 3 aromatic rings. The van der Waals surface area contributed by atoms with Crippen LogP contribution in [0.1, 0.15) is 21.6 Å². The maximum absolute atomic E-state index is 12.8. The van der Waals surface area contributed by atoms with E-state index in [-0.39, 0.29) is 30.2 Å². The molecule has 2 aromatic carbocycles. The minimum atomic E-state index is -0.615. The van der Waals surface area contributed by atoms with Gasteiger partial charge >= 0.3 is 0 Å². The molecular formula is C22H20ClN3O3. The summed E-state index contributed by atoms with van der Waals surface area (Å²) < 4.78 is 1.97. The van der Waals surface area contributed by atoms with Crippen LogP contribution in [0.3, 0.4) is 0 Å². The van der Waals surface area contributed by atoms with Gasteiger partial charge in [0, 0.05) is 18.7 Å². The predicted octanol–water partition coefficient (Wildman–Crippen LogP) is 3.20. The van der Waals surface area contributed by atoms with Crippen LogP contribution >= 0.6 is 11.6 Å². The molecule has 4 rings (SSSR count). The highest BCUT2D eigenvalue weighted by molar-refractivity contribution is 6.36. The number of aromatic hydroxyl groups is 1. The quantitative estimate of drug-likeness (QED) is 0.693. The number of halogens is 1. The summed E-state index contributed by atoms with van der Waals surface area (Å²) >= 11 is 6.57. The number of para-hydroxylation sites is 1. The number of aromatic nitrogens is 1. The molecule has 1 aliphatic rings. The Bertz CT molecular complexity index is 1090. The first-order valence-corrected chi connectivity index (χ1v) is 9.66. The molecule has 0 bridgehead atoms. The van der Waals surface area contributed by atoms with Crippen LogP contribution in [0.15, 0.2) is 54.6 Å². The van der Waals surface area contributed by atoms with E-state index >= 15 is 0 Å². The molecule has 3 N–H and O–H groups in total. The Morgan fingerprint density at radius 2 is 1.72 bits per heavy atom. The molecule has 0 unspecified atom stereocenters. The van der Waals surface area contributed by atoms with Crippen molar-refractivity contribution in [3.8, 4) is 17.0 Å². The van der Waals surface area contributed by atoms with E-state index in [1.54, 1.807) is 29.2 Å². The van der Waals surface area contributed by atoms with Gasteiger partial charge in [0.15, 0.2) is 0 Å². The van der Waals surface area contributed by atoms with Crippen molar-refractivity contribution < 1.29 is 14.7 Å². The second-order valence-electron chi connectivity index (χ2n) is 6.99. The number of hydrogen-bond donors (Lipinski definition) is 2. The summed E-state index contributed by atoms with van der Waals surface area (Å²) in [7, 11) is 0. The molecule has 0 aliphatic carbocycles. The number of nitrogens with zero attached hydrogens (tertiary/aromatic N) is 2. The summed E-state index contributed by atoms with van der Waals surface area (Å²) in [5, 5.41) is 10.3. The summed E-state index contributed by atoms with van der Waals surface area (Å²) in [5.41, 5.74) is 8.71. The fourth-order valence-electron chi connectivity index (χ4n) is 3.80. The monoisotopic (exact) mass is 409 g/mol. The Morgan fingerprint density at radius 3 is 2.41 bits per heavy atom. The Kier molecular flexibility index (Phi) is 5.03.